The van der Waals surface area contributed by atoms with E-state index in [1.54, 1.807) is 13.2 Å². The highest BCUT2D eigenvalue weighted by Crippen LogP contribution is 2.37. The summed E-state index contributed by atoms with van der Waals surface area (Å²) in [6, 6.07) is 10.9. The van der Waals surface area contributed by atoms with Gasteiger partial charge in [-0.15, -0.1) is 0 Å². The average molecular weight is 449 g/mol. The fourth-order valence-electron chi connectivity index (χ4n) is 3.96. The molecule has 0 amide bonds. The zero-order valence-electron chi connectivity index (χ0n) is 18.4. The zero-order chi connectivity index (χ0) is 22.4. The first-order valence-electron chi connectivity index (χ1n) is 10.5. The molecule has 1 aliphatic heterocycles. The highest BCUT2D eigenvalue weighted by molar-refractivity contribution is 7.90. The van der Waals surface area contributed by atoms with Gasteiger partial charge in [0.25, 0.3) is 0 Å². The van der Waals surface area contributed by atoms with Crippen molar-refractivity contribution in [3.05, 3.63) is 47.5 Å². The Bertz CT molecular complexity index is 987. The van der Waals surface area contributed by atoms with Crippen molar-refractivity contribution >= 4 is 21.2 Å². The molecule has 1 fully saturated rings. The number of anilines is 2. The number of benzene rings is 2. The van der Waals surface area contributed by atoms with Crippen LogP contribution in [0.3, 0.4) is 0 Å². The number of hydrogen-bond acceptors (Lipinski definition) is 7. The largest absolute Gasteiger partial charge is 0.493 e. The summed E-state index contributed by atoms with van der Waals surface area (Å²) in [6.07, 6.45) is 3.09. The first-order chi connectivity index (χ1) is 14.8. The summed E-state index contributed by atoms with van der Waals surface area (Å²) in [6.45, 7) is 3.82. The summed E-state index contributed by atoms with van der Waals surface area (Å²) in [7, 11) is -1.69. The molecule has 0 unspecified atom stereocenters. The van der Waals surface area contributed by atoms with E-state index < -0.39 is 15.9 Å². The smallest absolute Gasteiger partial charge is 0.161 e. The molecule has 1 atom stereocenters. The predicted octanol–water partition coefficient (Wildman–Crippen LogP) is 3.77. The lowest BCUT2D eigenvalue weighted by atomic mass is 9.90. The van der Waals surface area contributed by atoms with Crippen LogP contribution >= 0.6 is 0 Å². The number of para-hydroxylation sites is 1. The Labute approximate surface area is 184 Å². The SMILES string of the molecule is CCOc1cc([C@@H](CS(C)(=O)=O)Nc2cccc(C3CCOCC3)c2N)ccc1OC. The van der Waals surface area contributed by atoms with Crippen LogP contribution in [0.25, 0.3) is 0 Å². The van der Waals surface area contributed by atoms with Gasteiger partial charge in [0.05, 0.1) is 36.9 Å². The molecule has 31 heavy (non-hydrogen) atoms. The number of nitrogens with two attached hydrogens (primary N) is 1. The molecule has 0 aliphatic carbocycles. The van der Waals surface area contributed by atoms with Gasteiger partial charge in [0, 0.05) is 19.5 Å². The molecule has 7 nitrogen and oxygen atoms in total. The molecule has 1 aliphatic rings. The lowest BCUT2D eigenvalue weighted by Gasteiger charge is -2.26. The van der Waals surface area contributed by atoms with E-state index >= 15 is 0 Å². The first-order valence-corrected chi connectivity index (χ1v) is 12.6. The number of sulfone groups is 1. The summed E-state index contributed by atoms with van der Waals surface area (Å²) < 4.78 is 40.9. The van der Waals surface area contributed by atoms with Gasteiger partial charge in [0.15, 0.2) is 11.5 Å². The molecule has 0 spiro atoms. The molecule has 170 valence electrons. The van der Waals surface area contributed by atoms with E-state index in [1.165, 1.54) is 6.26 Å². The monoisotopic (exact) mass is 448 g/mol. The molecule has 2 aromatic carbocycles. The maximum Gasteiger partial charge on any atom is 0.161 e. The van der Waals surface area contributed by atoms with Crippen LogP contribution in [0.4, 0.5) is 11.4 Å². The van der Waals surface area contributed by atoms with Gasteiger partial charge in [0.1, 0.15) is 9.84 Å². The van der Waals surface area contributed by atoms with Crippen LogP contribution < -0.4 is 20.5 Å². The van der Waals surface area contributed by atoms with Gasteiger partial charge in [-0.2, -0.15) is 0 Å². The van der Waals surface area contributed by atoms with Gasteiger partial charge < -0.3 is 25.3 Å². The molecule has 3 N–H and O–H groups in total. The van der Waals surface area contributed by atoms with Crippen molar-refractivity contribution in [2.75, 3.05) is 50.0 Å². The van der Waals surface area contributed by atoms with E-state index in [9.17, 15) is 8.42 Å². The van der Waals surface area contributed by atoms with Gasteiger partial charge >= 0.3 is 0 Å². The molecule has 3 rings (SSSR count). The summed E-state index contributed by atoms with van der Waals surface area (Å²) in [5.74, 6) is 1.44. The standard InChI is InChI=1S/C23H32N2O5S/c1-4-30-22-14-17(8-9-21(22)28-2)20(15-31(3,26)27)25-19-7-5-6-18(23(19)24)16-10-12-29-13-11-16/h5-9,14,16,20,25H,4,10-13,15,24H2,1-3H3/t20-/m1/s1. The van der Waals surface area contributed by atoms with Crippen LogP contribution in [0.2, 0.25) is 0 Å². The average Bonchev–Trinajstić information content (AvgIpc) is 2.74. The molecule has 8 heteroatoms. The number of rotatable bonds is 9. The molecule has 1 heterocycles. The van der Waals surface area contributed by atoms with Crippen LogP contribution in [0.5, 0.6) is 11.5 Å². The van der Waals surface area contributed by atoms with Crippen molar-refractivity contribution in [1.82, 2.24) is 0 Å². The topological polar surface area (TPSA) is 99.9 Å². The van der Waals surface area contributed by atoms with Crippen LogP contribution in [-0.4, -0.2) is 47.4 Å². The normalized spacial score (nSPS) is 16.0. The van der Waals surface area contributed by atoms with Gasteiger partial charge in [-0.1, -0.05) is 18.2 Å². The third kappa shape index (κ3) is 6.04. The van der Waals surface area contributed by atoms with E-state index in [0.29, 0.717) is 29.7 Å². The molecular formula is C23H32N2O5S. The Kier molecular flexibility index (Phi) is 7.67. The zero-order valence-corrected chi connectivity index (χ0v) is 19.2. The van der Waals surface area contributed by atoms with Crippen LogP contribution in [0.15, 0.2) is 36.4 Å². The number of nitrogens with one attached hydrogen (secondary N) is 1. The Hall–Kier alpha value is -2.45. The predicted molar refractivity (Wildman–Crippen MR) is 124 cm³/mol. The third-order valence-corrected chi connectivity index (χ3v) is 6.43. The van der Waals surface area contributed by atoms with Crippen molar-refractivity contribution in [2.24, 2.45) is 0 Å². The summed E-state index contributed by atoms with van der Waals surface area (Å²) in [5.41, 5.74) is 9.78. The van der Waals surface area contributed by atoms with Crippen molar-refractivity contribution in [2.45, 2.75) is 31.7 Å². The molecule has 0 saturated carbocycles. The quantitative estimate of drug-likeness (QED) is 0.563. The third-order valence-electron chi connectivity index (χ3n) is 5.49. The Morgan fingerprint density at radius 2 is 1.94 bits per heavy atom. The van der Waals surface area contributed by atoms with Gasteiger partial charge in [-0.25, -0.2) is 8.42 Å². The minimum absolute atomic E-state index is 0.0775. The summed E-state index contributed by atoms with van der Waals surface area (Å²) in [5, 5.41) is 3.37. The molecule has 0 bridgehead atoms. The first kappa shape index (κ1) is 23.2. The molecule has 2 aromatic rings. The summed E-state index contributed by atoms with van der Waals surface area (Å²) in [4.78, 5) is 0. The molecule has 0 radical (unpaired) electrons. The number of nitrogen functional groups attached to an aromatic ring is 1. The second-order valence-corrected chi connectivity index (χ2v) is 10.0. The van der Waals surface area contributed by atoms with Gasteiger partial charge in [0.2, 0.25) is 0 Å². The van der Waals surface area contributed by atoms with E-state index in [4.69, 9.17) is 19.9 Å². The minimum atomic E-state index is -3.27. The van der Waals surface area contributed by atoms with Crippen LogP contribution in [0.1, 0.15) is 42.9 Å². The van der Waals surface area contributed by atoms with Crippen LogP contribution in [0, 0.1) is 0 Å². The van der Waals surface area contributed by atoms with E-state index in [-0.39, 0.29) is 5.75 Å². The lowest BCUT2D eigenvalue weighted by molar-refractivity contribution is 0.0855. The summed E-state index contributed by atoms with van der Waals surface area (Å²) >= 11 is 0. The van der Waals surface area contributed by atoms with Crippen molar-refractivity contribution in [3.63, 3.8) is 0 Å². The van der Waals surface area contributed by atoms with Crippen molar-refractivity contribution in [1.29, 1.82) is 0 Å². The lowest BCUT2D eigenvalue weighted by Crippen LogP contribution is -2.22. The van der Waals surface area contributed by atoms with Crippen molar-refractivity contribution in [3.8, 4) is 11.5 Å². The number of methoxy groups -OCH3 is 1. The number of hydrogen-bond donors (Lipinski definition) is 2. The van der Waals surface area contributed by atoms with E-state index in [2.05, 4.69) is 5.32 Å². The fraction of sp³-hybridized carbons (Fsp3) is 0.478. The van der Waals surface area contributed by atoms with Gasteiger partial charge in [-0.3, -0.25) is 0 Å². The minimum Gasteiger partial charge on any atom is -0.493 e. The molecule has 0 aromatic heterocycles. The fourth-order valence-corrected chi connectivity index (χ4v) is 4.84. The van der Waals surface area contributed by atoms with Crippen molar-refractivity contribution < 1.29 is 22.6 Å². The Balaban J connectivity index is 1.95. The highest BCUT2D eigenvalue weighted by Gasteiger charge is 2.23. The van der Waals surface area contributed by atoms with E-state index in [0.717, 1.165) is 42.9 Å². The Morgan fingerprint density at radius 3 is 2.58 bits per heavy atom. The molecular weight excluding hydrogens is 416 g/mol. The second kappa shape index (κ2) is 10.2. The maximum atomic E-state index is 12.2. The van der Waals surface area contributed by atoms with Crippen LogP contribution in [-0.2, 0) is 14.6 Å². The van der Waals surface area contributed by atoms with Gasteiger partial charge in [-0.05, 0) is 55.0 Å². The Morgan fingerprint density at radius 1 is 1.19 bits per heavy atom. The highest BCUT2D eigenvalue weighted by atomic mass is 32.2. The molecule has 1 saturated heterocycles. The van der Waals surface area contributed by atoms with E-state index in [1.807, 2.05) is 37.3 Å². The number of ether oxygens (including phenoxy) is 3. The maximum absolute atomic E-state index is 12.2. The second-order valence-electron chi connectivity index (χ2n) is 7.83.